The molecule has 0 spiro atoms. The van der Waals surface area contributed by atoms with E-state index in [-0.39, 0.29) is 29.9 Å². The van der Waals surface area contributed by atoms with E-state index in [0.717, 1.165) is 57.3 Å². The van der Waals surface area contributed by atoms with E-state index in [1.54, 1.807) is 14.2 Å². The molecule has 31 heavy (non-hydrogen) atoms. The summed E-state index contributed by atoms with van der Waals surface area (Å²) in [4.78, 5) is 21.1. The summed E-state index contributed by atoms with van der Waals surface area (Å²) in [6.45, 7) is 5.00. The number of piperidine rings is 1. The van der Waals surface area contributed by atoms with E-state index >= 15 is 0 Å². The second-order valence-electron chi connectivity index (χ2n) is 8.27. The van der Waals surface area contributed by atoms with Gasteiger partial charge >= 0.3 is 0 Å². The number of rotatable bonds is 7. The minimum absolute atomic E-state index is 0. The minimum atomic E-state index is 0. The van der Waals surface area contributed by atoms with Crippen LogP contribution >= 0.6 is 24.0 Å². The Kier molecular flexibility index (Phi) is 10.9. The predicted molar refractivity (Wildman–Crippen MR) is 136 cm³/mol. The van der Waals surface area contributed by atoms with Gasteiger partial charge in [-0.25, -0.2) is 0 Å². The van der Waals surface area contributed by atoms with Gasteiger partial charge in [-0.1, -0.05) is 12.1 Å². The van der Waals surface area contributed by atoms with Crippen molar-refractivity contribution in [1.29, 1.82) is 0 Å². The molecule has 0 aromatic heterocycles. The van der Waals surface area contributed by atoms with Crippen molar-refractivity contribution in [3.8, 4) is 5.75 Å². The summed E-state index contributed by atoms with van der Waals surface area (Å²) >= 11 is 0. The van der Waals surface area contributed by atoms with Gasteiger partial charge in [0.2, 0.25) is 5.91 Å². The molecule has 1 unspecified atom stereocenters. The summed E-state index contributed by atoms with van der Waals surface area (Å²) in [5, 5.41) is 6.37. The molecule has 2 N–H and O–H groups in total. The van der Waals surface area contributed by atoms with Crippen molar-refractivity contribution in [2.75, 3.05) is 53.9 Å². The van der Waals surface area contributed by atoms with Gasteiger partial charge in [0, 0.05) is 40.2 Å². The first-order valence-corrected chi connectivity index (χ1v) is 11.2. The van der Waals surface area contributed by atoms with Gasteiger partial charge < -0.3 is 20.3 Å². The van der Waals surface area contributed by atoms with Crippen LogP contribution in [-0.2, 0) is 4.79 Å². The Morgan fingerprint density at radius 1 is 1.16 bits per heavy atom. The molecule has 1 atom stereocenters. The lowest BCUT2D eigenvalue weighted by molar-refractivity contribution is -0.121. The normalized spacial score (nSPS) is 18.9. The van der Waals surface area contributed by atoms with Gasteiger partial charge in [-0.05, 0) is 62.4 Å². The number of hydrogen-bond donors (Lipinski definition) is 2. The highest BCUT2D eigenvalue weighted by atomic mass is 127. The number of benzene rings is 1. The molecule has 3 rings (SSSR count). The van der Waals surface area contributed by atoms with Crippen molar-refractivity contribution in [2.45, 2.75) is 38.1 Å². The molecule has 2 aliphatic heterocycles. The first kappa shape index (κ1) is 25.7. The van der Waals surface area contributed by atoms with Gasteiger partial charge in [-0.2, -0.15) is 0 Å². The molecule has 174 valence electrons. The monoisotopic (exact) mass is 543 g/mol. The Bertz CT molecular complexity index is 698. The zero-order valence-corrected chi connectivity index (χ0v) is 21.4. The van der Waals surface area contributed by atoms with E-state index in [4.69, 9.17) is 4.74 Å². The number of carbonyl (C=O) groups excluding carboxylic acids is 1. The number of aliphatic imine (C=N–C) groups is 1. The quantitative estimate of drug-likeness (QED) is 0.315. The minimum Gasteiger partial charge on any atom is -0.497 e. The first-order chi connectivity index (χ1) is 14.6. The smallest absolute Gasteiger partial charge is 0.220 e. The van der Waals surface area contributed by atoms with Gasteiger partial charge in [0.15, 0.2) is 5.96 Å². The molecule has 0 radical (unpaired) electrons. The maximum absolute atomic E-state index is 11.7. The number of nitrogens with zero attached hydrogens (tertiary/aromatic N) is 3. The van der Waals surface area contributed by atoms with E-state index < -0.39 is 0 Å². The Morgan fingerprint density at radius 2 is 1.81 bits per heavy atom. The molecule has 1 aromatic carbocycles. The second kappa shape index (κ2) is 13.1. The lowest BCUT2D eigenvalue weighted by Crippen LogP contribution is -2.48. The summed E-state index contributed by atoms with van der Waals surface area (Å²) in [6.07, 6.45) is 5.22. The summed E-state index contributed by atoms with van der Waals surface area (Å²) in [7, 11) is 5.27. The fourth-order valence-corrected chi connectivity index (χ4v) is 4.57. The van der Waals surface area contributed by atoms with Crippen LogP contribution in [0.2, 0.25) is 0 Å². The van der Waals surface area contributed by atoms with Crippen molar-refractivity contribution in [3.63, 3.8) is 0 Å². The average molecular weight is 543 g/mol. The fraction of sp³-hybridized carbons (Fsp3) is 0.652. The lowest BCUT2D eigenvalue weighted by atomic mass is 9.93. The summed E-state index contributed by atoms with van der Waals surface area (Å²) in [5.41, 5.74) is 1.31. The number of methoxy groups -OCH3 is 1. The van der Waals surface area contributed by atoms with Crippen LogP contribution in [0.15, 0.2) is 29.3 Å². The van der Waals surface area contributed by atoms with Crippen molar-refractivity contribution in [3.05, 3.63) is 29.8 Å². The van der Waals surface area contributed by atoms with E-state index in [1.165, 1.54) is 18.4 Å². The third-order valence-corrected chi connectivity index (χ3v) is 6.41. The Balaban J connectivity index is 0.00000341. The Hall–Kier alpha value is -1.55. The molecule has 0 aliphatic carbocycles. The molecule has 0 saturated carbocycles. The largest absolute Gasteiger partial charge is 0.497 e. The molecule has 2 fully saturated rings. The van der Waals surface area contributed by atoms with Gasteiger partial charge in [-0.15, -0.1) is 24.0 Å². The van der Waals surface area contributed by atoms with Crippen LogP contribution in [0.3, 0.4) is 0 Å². The summed E-state index contributed by atoms with van der Waals surface area (Å²) in [5.74, 6) is 2.47. The molecule has 8 heteroatoms. The number of nitrogens with one attached hydrogen (secondary N) is 2. The molecule has 0 bridgehead atoms. The molecule has 2 saturated heterocycles. The van der Waals surface area contributed by atoms with Gasteiger partial charge in [0.1, 0.15) is 5.75 Å². The zero-order valence-electron chi connectivity index (χ0n) is 19.1. The van der Waals surface area contributed by atoms with Crippen LogP contribution in [0.4, 0.5) is 0 Å². The third kappa shape index (κ3) is 7.24. The zero-order chi connectivity index (χ0) is 21.3. The SMILES string of the molecule is CN=C(NCC(c1ccc(OC)cc1)N1CCCC1)N1CCC(CC(=O)NC)CC1.I. The second-order valence-corrected chi connectivity index (χ2v) is 8.27. The summed E-state index contributed by atoms with van der Waals surface area (Å²) in [6, 6.07) is 8.77. The van der Waals surface area contributed by atoms with Gasteiger partial charge in [-0.3, -0.25) is 14.7 Å². The van der Waals surface area contributed by atoms with Crippen molar-refractivity contribution in [2.24, 2.45) is 10.9 Å². The number of halogens is 1. The molecule has 2 heterocycles. The van der Waals surface area contributed by atoms with Crippen LogP contribution in [0, 0.1) is 5.92 Å². The van der Waals surface area contributed by atoms with Crippen molar-refractivity contribution < 1.29 is 9.53 Å². The van der Waals surface area contributed by atoms with E-state index in [0.29, 0.717) is 18.4 Å². The average Bonchev–Trinajstić information content (AvgIpc) is 3.32. The maximum Gasteiger partial charge on any atom is 0.220 e. The highest BCUT2D eigenvalue weighted by Gasteiger charge is 2.26. The summed E-state index contributed by atoms with van der Waals surface area (Å²) < 4.78 is 5.33. The molecule has 2 aliphatic rings. The number of guanidine groups is 1. The fourth-order valence-electron chi connectivity index (χ4n) is 4.57. The number of likely N-dealkylation sites (tertiary alicyclic amines) is 2. The molecule has 1 aromatic rings. The topological polar surface area (TPSA) is 69.2 Å². The van der Waals surface area contributed by atoms with Gasteiger partial charge in [0.25, 0.3) is 0 Å². The van der Waals surface area contributed by atoms with Crippen LogP contribution < -0.4 is 15.4 Å². The highest BCUT2D eigenvalue weighted by Crippen LogP contribution is 2.26. The lowest BCUT2D eigenvalue weighted by Gasteiger charge is -2.35. The molecule has 1 amide bonds. The molecular formula is C23H38IN5O2. The predicted octanol–water partition coefficient (Wildman–Crippen LogP) is 2.87. The number of ether oxygens (including phenoxy) is 1. The van der Waals surface area contributed by atoms with Crippen LogP contribution in [-0.4, -0.2) is 75.6 Å². The van der Waals surface area contributed by atoms with Gasteiger partial charge in [0.05, 0.1) is 13.2 Å². The Morgan fingerprint density at radius 3 is 2.35 bits per heavy atom. The maximum atomic E-state index is 11.7. The molecular weight excluding hydrogens is 505 g/mol. The Labute approximate surface area is 204 Å². The van der Waals surface area contributed by atoms with Crippen LogP contribution in [0.25, 0.3) is 0 Å². The van der Waals surface area contributed by atoms with E-state index in [2.05, 4.69) is 37.6 Å². The molecule has 7 nitrogen and oxygen atoms in total. The van der Waals surface area contributed by atoms with Crippen LogP contribution in [0.1, 0.15) is 43.7 Å². The third-order valence-electron chi connectivity index (χ3n) is 6.41. The number of amides is 1. The highest BCUT2D eigenvalue weighted by molar-refractivity contribution is 14.0. The van der Waals surface area contributed by atoms with E-state index in [1.807, 2.05) is 19.2 Å². The number of carbonyl (C=O) groups is 1. The van der Waals surface area contributed by atoms with Crippen LogP contribution in [0.5, 0.6) is 5.75 Å². The van der Waals surface area contributed by atoms with E-state index in [9.17, 15) is 4.79 Å². The first-order valence-electron chi connectivity index (χ1n) is 11.2. The standard InChI is InChI=1S/C23H37N5O2.HI/c1-24-22(29)16-18-10-14-28(15-11-18)23(25-2)26-17-21(27-12-4-5-13-27)19-6-8-20(30-3)9-7-19;/h6-9,18,21H,4-5,10-17H2,1-3H3,(H,24,29)(H,25,26);1H. The number of hydrogen-bond acceptors (Lipinski definition) is 4. The van der Waals surface area contributed by atoms with Crippen molar-refractivity contribution >= 4 is 35.8 Å². The van der Waals surface area contributed by atoms with Crippen molar-refractivity contribution in [1.82, 2.24) is 20.4 Å².